The molecule has 0 saturated carbocycles. The van der Waals surface area contributed by atoms with Crippen molar-refractivity contribution < 1.29 is 4.79 Å². The normalized spacial score (nSPS) is 12.4. The van der Waals surface area contributed by atoms with E-state index in [1.165, 1.54) is 0 Å². The standard InChI is InChI=1S/C10H13NOS/c1-2-3-9(11)10(12)6-8-4-5-13-7-8/h2,4-5,7,9H,1,3,6,11H2. The molecule has 1 aromatic rings. The first-order valence-electron chi connectivity index (χ1n) is 4.14. The van der Waals surface area contributed by atoms with Crippen molar-refractivity contribution in [3.63, 3.8) is 0 Å². The van der Waals surface area contributed by atoms with Gasteiger partial charge in [0.2, 0.25) is 0 Å². The van der Waals surface area contributed by atoms with Gasteiger partial charge in [0.15, 0.2) is 5.78 Å². The molecule has 3 heteroatoms. The van der Waals surface area contributed by atoms with Crippen LogP contribution in [-0.2, 0) is 11.2 Å². The number of thiophene rings is 1. The van der Waals surface area contributed by atoms with Gasteiger partial charge in [0.05, 0.1) is 6.04 Å². The molecule has 1 heterocycles. The Kier molecular flexibility index (Phi) is 3.86. The number of carbonyl (C=O) groups is 1. The Labute approximate surface area is 82.1 Å². The first kappa shape index (κ1) is 10.2. The minimum absolute atomic E-state index is 0.0818. The van der Waals surface area contributed by atoms with Crippen molar-refractivity contribution in [3.05, 3.63) is 35.0 Å². The molecule has 13 heavy (non-hydrogen) atoms. The van der Waals surface area contributed by atoms with E-state index in [1.807, 2.05) is 16.8 Å². The Hall–Kier alpha value is -0.930. The molecule has 0 aromatic carbocycles. The second kappa shape index (κ2) is 4.94. The monoisotopic (exact) mass is 195 g/mol. The van der Waals surface area contributed by atoms with Gasteiger partial charge >= 0.3 is 0 Å². The molecule has 0 bridgehead atoms. The van der Waals surface area contributed by atoms with Crippen molar-refractivity contribution >= 4 is 17.1 Å². The summed E-state index contributed by atoms with van der Waals surface area (Å²) in [5.74, 6) is 0.0818. The first-order valence-corrected chi connectivity index (χ1v) is 5.08. The van der Waals surface area contributed by atoms with E-state index in [0.29, 0.717) is 12.8 Å². The van der Waals surface area contributed by atoms with Gasteiger partial charge in [-0.2, -0.15) is 11.3 Å². The molecule has 0 saturated heterocycles. The Morgan fingerprint density at radius 1 is 1.77 bits per heavy atom. The summed E-state index contributed by atoms with van der Waals surface area (Å²) < 4.78 is 0. The van der Waals surface area contributed by atoms with E-state index in [-0.39, 0.29) is 5.78 Å². The Bertz CT molecular complexity index is 279. The summed E-state index contributed by atoms with van der Waals surface area (Å²) in [5.41, 5.74) is 6.68. The number of Topliss-reactive ketones (excluding diaryl/α,β-unsaturated/α-hetero) is 1. The molecule has 0 aliphatic rings. The molecule has 0 spiro atoms. The molecular weight excluding hydrogens is 182 g/mol. The van der Waals surface area contributed by atoms with Gasteiger partial charge in [-0.3, -0.25) is 4.79 Å². The number of hydrogen-bond acceptors (Lipinski definition) is 3. The third kappa shape index (κ3) is 3.13. The van der Waals surface area contributed by atoms with Gasteiger partial charge in [-0.1, -0.05) is 6.08 Å². The van der Waals surface area contributed by atoms with Crippen LogP contribution in [0.25, 0.3) is 0 Å². The van der Waals surface area contributed by atoms with Crippen LogP contribution < -0.4 is 5.73 Å². The second-order valence-corrected chi connectivity index (χ2v) is 3.69. The summed E-state index contributed by atoms with van der Waals surface area (Å²) in [6, 6.07) is 1.56. The molecule has 1 aromatic heterocycles. The molecule has 0 fully saturated rings. The Morgan fingerprint density at radius 3 is 3.08 bits per heavy atom. The number of rotatable bonds is 5. The molecule has 1 unspecified atom stereocenters. The zero-order chi connectivity index (χ0) is 9.68. The maximum absolute atomic E-state index is 11.4. The van der Waals surface area contributed by atoms with Crippen LogP contribution in [0.15, 0.2) is 29.5 Å². The molecule has 70 valence electrons. The van der Waals surface area contributed by atoms with E-state index in [9.17, 15) is 4.79 Å². The van der Waals surface area contributed by atoms with Gasteiger partial charge in [-0.15, -0.1) is 6.58 Å². The van der Waals surface area contributed by atoms with Gasteiger partial charge in [0.1, 0.15) is 0 Å². The fourth-order valence-corrected chi connectivity index (χ4v) is 1.71. The zero-order valence-electron chi connectivity index (χ0n) is 7.40. The topological polar surface area (TPSA) is 43.1 Å². The lowest BCUT2D eigenvalue weighted by Gasteiger charge is -2.05. The Balaban J connectivity index is 2.45. The largest absolute Gasteiger partial charge is 0.321 e. The summed E-state index contributed by atoms with van der Waals surface area (Å²) in [6.07, 6.45) is 2.68. The smallest absolute Gasteiger partial charge is 0.154 e. The lowest BCUT2D eigenvalue weighted by Crippen LogP contribution is -2.30. The van der Waals surface area contributed by atoms with Gasteiger partial charge < -0.3 is 5.73 Å². The van der Waals surface area contributed by atoms with Crippen LogP contribution in [0.4, 0.5) is 0 Å². The average molecular weight is 195 g/mol. The molecule has 2 nitrogen and oxygen atoms in total. The van der Waals surface area contributed by atoms with Crippen LogP contribution in [0.1, 0.15) is 12.0 Å². The molecule has 1 rings (SSSR count). The van der Waals surface area contributed by atoms with Crippen LogP contribution in [0.3, 0.4) is 0 Å². The van der Waals surface area contributed by atoms with E-state index < -0.39 is 6.04 Å². The minimum atomic E-state index is -0.391. The predicted molar refractivity (Wildman–Crippen MR) is 55.8 cm³/mol. The van der Waals surface area contributed by atoms with Gasteiger partial charge in [-0.05, 0) is 28.8 Å². The summed E-state index contributed by atoms with van der Waals surface area (Å²) in [5, 5.41) is 3.93. The molecule has 0 radical (unpaired) electrons. The lowest BCUT2D eigenvalue weighted by atomic mass is 10.0. The van der Waals surface area contributed by atoms with E-state index in [2.05, 4.69) is 6.58 Å². The summed E-state index contributed by atoms with van der Waals surface area (Å²) in [7, 11) is 0. The van der Waals surface area contributed by atoms with Crippen LogP contribution in [0.5, 0.6) is 0 Å². The number of carbonyl (C=O) groups excluding carboxylic acids is 1. The summed E-state index contributed by atoms with van der Waals surface area (Å²) >= 11 is 1.59. The van der Waals surface area contributed by atoms with Gasteiger partial charge in [0, 0.05) is 6.42 Å². The fourth-order valence-electron chi connectivity index (χ4n) is 1.04. The summed E-state index contributed by atoms with van der Waals surface area (Å²) in [4.78, 5) is 11.4. The summed E-state index contributed by atoms with van der Waals surface area (Å²) in [6.45, 7) is 3.55. The van der Waals surface area contributed by atoms with Crippen molar-refractivity contribution in [2.24, 2.45) is 5.73 Å². The Morgan fingerprint density at radius 2 is 2.54 bits per heavy atom. The molecule has 2 N–H and O–H groups in total. The highest BCUT2D eigenvalue weighted by molar-refractivity contribution is 7.07. The molecular formula is C10H13NOS. The maximum atomic E-state index is 11.4. The molecule has 0 aliphatic carbocycles. The highest BCUT2D eigenvalue weighted by Gasteiger charge is 2.11. The zero-order valence-corrected chi connectivity index (χ0v) is 8.22. The number of nitrogens with two attached hydrogens (primary N) is 1. The number of hydrogen-bond donors (Lipinski definition) is 1. The van der Waals surface area contributed by atoms with E-state index in [0.717, 1.165) is 5.56 Å². The van der Waals surface area contributed by atoms with E-state index in [4.69, 9.17) is 5.73 Å². The van der Waals surface area contributed by atoms with Crippen LogP contribution >= 0.6 is 11.3 Å². The van der Waals surface area contributed by atoms with Crippen molar-refractivity contribution in [2.45, 2.75) is 18.9 Å². The third-order valence-corrected chi connectivity index (χ3v) is 2.52. The molecule has 0 amide bonds. The predicted octanol–water partition coefficient (Wildman–Crippen LogP) is 1.76. The van der Waals surface area contributed by atoms with E-state index in [1.54, 1.807) is 17.4 Å². The average Bonchev–Trinajstić information content (AvgIpc) is 2.57. The van der Waals surface area contributed by atoms with Crippen LogP contribution in [-0.4, -0.2) is 11.8 Å². The van der Waals surface area contributed by atoms with Crippen molar-refractivity contribution in [3.8, 4) is 0 Å². The lowest BCUT2D eigenvalue weighted by molar-refractivity contribution is -0.119. The third-order valence-electron chi connectivity index (χ3n) is 1.79. The quantitative estimate of drug-likeness (QED) is 0.727. The first-order chi connectivity index (χ1) is 6.24. The van der Waals surface area contributed by atoms with Crippen LogP contribution in [0.2, 0.25) is 0 Å². The van der Waals surface area contributed by atoms with Crippen LogP contribution in [0, 0.1) is 0 Å². The van der Waals surface area contributed by atoms with E-state index >= 15 is 0 Å². The highest BCUT2D eigenvalue weighted by Crippen LogP contribution is 2.08. The fraction of sp³-hybridized carbons (Fsp3) is 0.300. The second-order valence-electron chi connectivity index (χ2n) is 2.91. The van der Waals surface area contributed by atoms with Gasteiger partial charge in [0.25, 0.3) is 0 Å². The highest BCUT2D eigenvalue weighted by atomic mass is 32.1. The van der Waals surface area contributed by atoms with Crippen molar-refractivity contribution in [1.29, 1.82) is 0 Å². The van der Waals surface area contributed by atoms with Crippen molar-refractivity contribution in [2.75, 3.05) is 0 Å². The van der Waals surface area contributed by atoms with Crippen molar-refractivity contribution in [1.82, 2.24) is 0 Å². The molecule has 1 atom stereocenters. The molecule has 0 aliphatic heterocycles. The minimum Gasteiger partial charge on any atom is -0.321 e. The SMILES string of the molecule is C=CCC(N)C(=O)Cc1ccsc1. The van der Waals surface area contributed by atoms with Gasteiger partial charge in [-0.25, -0.2) is 0 Å². The maximum Gasteiger partial charge on any atom is 0.154 e. The number of ketones is 1.